The number of hydrogen-bond acceptors (Lipinski definition) is 2. The van der Waals surface area contributed by atoms with Gasteiger partial charge in [-0.25, -0.2) is 0 Å². The van der Waals surface area contributed by atoms with Gasteiger partial charge in [0.05, 0.1) is 0 Å². The van der Waals surface area contributed by atoms with Crippen molar-refractivity contribution < 1.29 is 21.2 Å². The van der Waals surface area contributed by atoms with Gasteiger partial charge in [-0.3, -0.25) is 0 Å². The zero-order chi connectivity index (χ0) is 10.5. The molecule has 2 aliphatic carbocycles. The third kappa shape index (κ3) is 1.78. The van der Waals surface area contributed by atoms with Crippen LogP contribution in [0.15, 0.2) is 0 Å². The van der Waals surface area contributed by atoms with Gasteiger partial charge in [0.25, 0.3) is 0 Å². The van der Waals surface area contributed by atoms with Crippen molar-refractivity contribution in [3.63, 3.8) is 0 Å². The van der Waals surface area contributed by atoms with Crippen LogP contribution < -0.4 is 26.5 Å². The third-order valence-electron chi connectivity index (χ3n) is 4.40. The standard InChI is InChI=1S/C11H19I2N2/c1-13-8-14-10-6-11(10,7-10)15-4-2-9(12)3-5-15/h9,14H,2-8H2,1H3/q-1. The molecule has 1 aliphatic heterocycles. The molecule has 1 saturated heterocycles. The second kappa shape index (κ2) is 3.95. The fraction of sp³-hybridized carbons (Fsp3) is 1.00. The van der Waals surface area contributed by atoms with Crippen molar-refractivity contribution in [3.05, 3.63) is 0 Å². The molecule has 4 heteroatoms. The predicted octanol–water partition coefficient (Wildman–Crippen LogP) is -1.56. The summed E-state index contributed by atoms with van der Waals surface area (Å²) in [7, 11) is 0. The summed E-state index contributed by atoms with van der Waals surface area (Å²) < 4.78 is 2.26. The Morgan fingerprint density at radius 1 is 1.40 bits per heavy atom. The molecule has 0 spiro atoms. The van der Waals surface area contributed by atoms with Gasteiger partial charge in [0.15, 0.2) is 0 Å². The summed E-state index contributed by atoms with van der Waals surface area (Å²) in [5, 5.41) is 3.81. The number of halogens is 2. The molecule has 1 heterocycles. The number of likely N-dealkylation sites (tertiary alicyclic amines) is 1. The quantitative estimate of drug-likeness (QED) is 0.328. The van der Waals surface area contributed by atoms with Crippen molar-refractivity contribution in [2.75, 3.05) is 22.6 Å². The summed E-state index contributed by atoms with van der Waals surface area (Å²) in [6, 6.07) is 0. The molecule has 0 amide bonds. The molecule has 3 fully saturated rings. The first-order valence-electron chi connectivity index (χ1n) is 5.80. The van der Waals surface area contributed by atoms with Crippen molar-refractivity contribution in [3.8, 4) is 0 Å². The number of alkyl halides is 3. The molecule has 15 heavy (non-hydrogen) atoms. The van der Waals surface area contributed by atoms with Crippen molar-refractivity contribution >= 4 is 22.6 Å². The van der Waals surface area contributed by atoms with Gasteiger partial charge >= 0.3 is 117 Å². The van der Waals surface area contributed by atoms with Gasteiger partial charge in [0.1, 0.15) is 0 Å². The number of hydrogen-bond donors (Lipinski definition) is 1. The SMILES string of the molecule is C[I-]CNC12CC1(N1CCC(I)CC1)C2. The summed E-state index contributed by atoms with van der Waals surface area (Å²) in [6.07, 6.45) is 5.74. The second-order valence-electron chi connectivity index (χ2n) is 5.21. The minimum atomic E-state index is 0.429. The molecular formula is C11H19I2N2-. The summed E-state index contributed by atoms with van der Waals surface area (Å²) in [5.74, 6) is 0. The fourth-order valence-corrected chi connectivity index (χ4v) is 4.81. The van der Waals surface area contributed by atoms with E-state index >= 15 is 0 Å². The van der Waals surface area contributed by atoms with E-state index in [2.05, 4.69) is 37.7 Å². The number of rotatable bonds is 4. The first kappa shape index (κ1) is 11.5. The van der Waals surface area contributed by atoms with E-state index in [9.17, 15) is 0 Å². The molecular weight excluding hydrogens is 414 g/mol. The van der Waals surface area contributed by atoms with Crippen molar-refractivity contribution in [1.82, 2.24) is 10.2 Å². The summed E-state index contributed by atoms with van der Waals surface area (Å²) in [4.78, 5) is 5.17. The minimum absolute atomic E-state index is 0.429. The van der Waals surface area contributed by atoms with Crippen molar-refractivity contribution in [1.29, 1.82) is 0 Å². The van der Waals surface area contributed by atoms with Crippen LogP contribution in [-0.2, 0) is 0 Å². The number of nitrogens with zero attached hydrogens (tertiary/aromatic N) is 1. The Bertz CT molecular complexity index is 255. The van der Waals surface area contributed by atoms with Gasteiger partial charge in [-0.1, -0.05) is 0 Å². The molecule has 0 unspecified atom stereocenters. The van der Waals surface area contributed by atoms with Crippen LogP contribution in [-0.4, -0.2) is 42.5 Å². The molecule has 0 aromatic carbocycles. The van der Waals surface area contributed by atoms with Gasteiger partial charge in [0, 0.05) is 0 Å². The van der Waals surface area contributed by atoms with Gasteiger partial charge in [0.2, 0.25) is 0 Å². The number of piperidine rings is 1. The topological polar surface area (TPSA) is 15.3 Å². The van der Waals surface area contributed by atoms with Crippen molar-refractivity contribution in [2.45, 2.75) is 40.7 Å². The van der Waals surface area contributed by atoms with E-state index < -0.39 is 0 Å². The molecule has 0 atom stereocenters. The molecule has 3 rings (SSSR count). The summed E-state index contributed by atoms with van der Waals surface area (Å²) in [5.41, 5.74) is 1.27. The molecule has 88 valence electrons. The van der Waals surface area contributed by atoms with E-state index in [4.69, 9.17) is 0 Å². The van der Waals surface area contributed by atoms with Crippen LogP contribution in [0, 0.1) is 0 Å². The Hall–Kier alpha value is 1.38. The van der Waals surface area contributed by atoms with Gasteiger partial charge in [-0.2, -0.15) is 0 Å². The Kier molecular flexibility index (Phi) is 3.02. The average Bonchev–Trinajstić information content (AvgIpc) is 3.02. The monoisotopic (exact) mass is 433 g/mol. The molecule has 0 bridgehead atoms. The molecule has 3 aliphatic rings. The average molecular weight is 433 g/mol. The van der Waals surface area contributed by atoms with Crippen LogP contribution in [0.2, 0.25) is 0 Å². The zero-order valence-electron chi connectivity index (χ0n) is 9.23. The Balaban J connectivity index is 1.54. The molecule has 2 saturated carbocycles. The molecule has 0 aromatic heterocycles. The fourth-order valence-electron chi connectivity index (χ4n) is 3.14. The number of nitrogens with one attached hydrogen (secondary N) is 1. The Labute approximate surface area is 116 Å². The Morgan fingerprint density at radius 3 is 2.67 bits per heavy atom. The van der Waals surface area contributed by atoms with Crippen molar-refractivity contribution in [2.24, 2.45) is 0 Å². The van der Waals surface area contributed by atoms with E-state index in [-0.39, 0.29) is 0 Å². The molecule has 1 N–H and O–H groups in total. The summed E-state index contributed by atoms with van der Waals surface area (Å²) in [6.45, 7) is 2.72. The maximum atomic E-state index is 3.81. The molecule has 0 aromatic rings. The van der Waals surface area contributed by atoms with Crippen LogP contribution in [0.3, 0.4) is 0 Å². The maximum absolute atomic E-state index is 3.81. The van der Waals surface area contributed by atoms with Crippen LogP contribution in [0.1, 0.15) is 25.7 Å². The number of fused-ring (bicyclic) bond motifs is 1. The molecule has 0 radical (unpaired) electrons. The first-order chi connectivity index (χ1) is 7.22. The molecule has 2 nitrogen and oxygen atoms in total. The van der Waals surface area contributed by atoms with Crippen LogP contribution in [0.5, 0.6) is 0 Å². The zero-order valence-corrected chi connectivity index (χ0v) is 13.5. The van der Waals surface area contributed by atoms with E-state index in [0.717, 1.165) is 3.92 Å². The first-order valence-corrected chi connectivity index (χ1v) is 10.7. The second-order valence-corrected chi connectivity index (χ2v) is 9.26. The summed E-state index contributed by atoms with van der Waals surface area (Å²) >= 11 is 3.05. The van der Waals surface area contributed by atoms with E-state index in [0.29, 0.717) is 32.3 Å². The van der Waals surface area contributed by atoms with Gasteiger partial charge in [-0.05, 0) is 0 Å². The third-order valence-corrected chi connectivity index (χ3v) is 6.79. The van der Waals surface area contributed by atoms with E-state index in [1.807, 2.05) is 0 Å². The Morgan fingerprint density at radius 2 is 2.07 bits per heavy atom. The van der Waals surface area contributed by atoms with Crippen LogP contribution in [0.25, 0.3) is 0 Å². The normalized spacial score (nSPS) is 45.5. The van der Waals surface area contributed by atoms with E-state index in [1.165, 1.54) is 43.3 Å². The van der Waals surface area contributed by atoms with Crippen LogP contribution >= 0.6 is 22.6 Å². The van der Waals surface area contributed by atoms with Gasteiger partial charge < -0.3 is 0 Å². The van der Waals surface area contributed by atoms with E-state index in [1.54, 1.807) is 0 Å². The van der Waals surface area contributed by atoms with Crippen LogP contribution in [0.4, 0.5) is 0 Å². The predicted molar refractivity (Wildman–Crippen MR) is 67.2 cm³/mol. The van der Waals surface area contributed by atoms with Gasteiger partial charge in [-0.15, -0.1) is 0 Å².